The van der Waals surface area contributed by atoms with Gasteiger partial charge in [-0.3, -0.25) is 14.3 Å². The molecule has 8 heteroatoms. The molecule has 3 rings (SSSR count). The molecule has 134 valence electrons. The number of hydrogen-bond acceptors (Lipinski definition) is 6. The summed E-state index contributed by atoms with van der Waals surface area (Å²) in [6.45, 7) is 0.201. The Bertz CT molecular complexity index is 817. The van der Waals surface area contributed by atoms with Crippen molar-refractivity contribution in [3.8, 4) is 0 Å². The monoisotopic (exact) mass is 347 g/mol. The van der Waals surface area contributed by atoms with Gasteiger partial charge in [-0.1, -0.05) is 30.3 Å². The number of aliphatic hydroxyl groups excluding tert-OH is 1. The molecule has 0 spiro atoms. The number of nitrogens with zero attached hydrogens (tertiary/aromatic N) is 1. The molecule has 0 saturated carbocycles. The molecule has 0 bridgehead atoms. The largest absolute Gasteiger partial charge is 0.394 e. The predicted octanol–water partition coefficient (Wildman–Crippen LogP) is -0.140. The molecule has 1 aromatic heterocycles. The van der Waals surface area contributed by atoms with E-state index in [1.165, 1.54) is 10.8 Å². The van der Waals surface area contributed by atoms with Gasteiger partial charge in [0.25, 0.3) is 5.56 Å². The lowest BCUT2D eigenvalue weighted by molar-refractivity contribution is -0.0274. The van der Waals surface area contributed by atoms with Crippen LogP contribution >= 0.6 is 0 Å². The highest BCUT2D eigenvalue weighted by Crippen LogP contribution is 2.26. The molecule has 4 N–H and O–H groups in total. The zero-order chi connectivity index (χ0) is 17.8. The first-order chi connectivity index (χ1) is 12.1. The van der Waals surface area contributed by atoms with E-state index in [9.17, 15) is 14.7 Å². The lowest BCUT2D eigenvalue weighted by Gasteiger charge is -2.15. The van der Waals surface area contributed by atoms with Crippen molar-refractivity contribution in [1.29, 1.82) is 0 Å². The van der Waals surface area contributed by atoms with Crippen molar-refractivity contribution in [3.05, 3.63) is 68.5 Å². The lowest BCUT2D eigenvalue weighted by Crippen LogP contribution is -2.34. The third kappa shape index (κ3) is 4.05. The van der Waals surface area contributed by atoms with Gasteiger partial charge in [0, 0.05) is 18.7 Å². The molecule has 8 nitrogen and oxygen atoms in total. The topological polar surface area (TPSA) is 120 Å². The van der Waals surface area contributed by atoms with Crippen LogP contribution in [0.1, 0.15) is 23.8 Å². The number of nitrogens with one attached hydrogen (secondary N) is 1. The summed E-state index contributed by atoms with van der Waals surface area (Å²) in [5, 5.41) is 9.22. The third-order valence-electron chi connectivity index (χ3n) is 4.18. The van der Waals surface area contributed by atoms with Crippen LogP contribution in [0.5, 0.6) is 0 Å². The Morgan fingerprint density at radius 1 is 1.28 bits per heavy atom. The van der Waals surface area contributed by atoms with Crippen molar-refractivity contribution < 1.29 is 14.6 Å². The molecule has 1 aliphatic heterocycles. The smallest absolute Gasteiger partial charge is 0.330 e. The van der Waals surface area contributed by atoms with Crippen LogP contribution in [0.2, 0.25) is 0 Å². The summed E-state index contributed by atoms with van der Waals surface area (Å²) < 4.78 is 12.4. The van der Waals surface area contributed by atoms with Crippen molar-refractivity contribution >= 4 is 0 Å². The molecule has 0 amide bonds. The molecule has 1 saturated heterocycles. The van der Waals surface area contributed by atoms with Gasteiger partial charge < -0.3 is 20.3 Å². The van der Waals surface area contributed by atoms with E-state index in [1.54, 1.807) is 0 Å². The number of H-pyrrole nitrogens is 1. The molecule has 1 unspecified atom stereocenters. The second-order valence-corrected chi connectivity index (χ2v) is 6.01. The molecule has 2 aromatic rings. The van der Waals surface area contributed by atoms with Crippen LogP contribution in [0.3, 0.4) is 0 Å². The summed E-state index contributed by atoms with van der Waals surface area (Å²) in [6.07, 6.45) is 0.663. The average Bonchev–Trinajstić information content (AvgIpc) is 2.98. The molecule has 1 aliphatic rings. The summed E-state index contributed by atoms with van der Waals surface area (Å²) in [5.74, 6) is 0. The van der Waals surface area contributed by atoms with E-state index in [-0.39, 0.29) is 19.3 Å². The van der Waals surface area contributed by atoms with Gasteiger partial charge in [0.1, 0.15) is 6.23 Å². The summed E-state index contributed by atoms with van der Waals surface area (Å²) in [6, 6.07) is 9.21. The number of benzene rings is 1. The van der Waals surface area contributed by atoms with Crippen LogP contribution < -0.4 is 17.0 Å². The Balaban J connectivity index is 1.72. The molecule has 3 atom stereocenters. The number of aromatic amines is 1. The zero-order valence-electron chi connectivity index (χ0n) is 13.6. The van der Waals surface area contributed by atoms with Gasteiger partial charge in [-0.15, -0.1) is 0 Å². The predicted molar refractivity (Wildman–Crippen MR) is 89.8 cm³/mol. The number of aliphatic hydroxyl groups is 1. The molecule has 25 heavy (non-hydrogen) atoms. The molecule has 0 aliphatic carbocycles. The maximum Gasteiger partial charge on any atom is 0.330 e. The van der Waals surface area contributed by atoms with Crippen molar-refractivity contribution in [2.45, 2.75) is 38.0 Å². The fourth-order valence-corrected chi connectivity index (χ4v) is 2.80. The van der Waals surface area contributed by atoms with Crippen molar-refractivity contribution in [3.63, 3.8) is 0 Å². The zero-order valence-corrected chi connectivity index (χ0v) is 13.6. The third-order valence-corrected chi connectivity index (χ3v) is 4.18. The fourth-order valence-electron chi connectivity index (χ4n) is 2.80. The molecule has 2 heterocycles. The number of aromatic nitrogens is 2. The van der Waals surface area contributed by atoms with Crippen LogP contribution in [0, 0.1) is 0 Å². The maximum absolute atomic E-state index is 12.1. The van der Waals surface area contributed by atoms with Gasteiger partial charge in [-0.25, -0.2) is 4.79 Å². The highest BCUT2D eigenvalue weighted by atomic mass is 16.5. The van der Waals surface area contributed by atoms with E-state index in [2.05, 4.69) is 4.98 Å². The Morgan fingerprint density at radius 3 is 2.72 bits per heavy atom. The molecular formula is C17H21N3O5. The Morgan fingerprint density at radius 2 is 2.04 bits per heavy atom. The van der Waals surface area contributed by atoms with Gasteiger partial charge in [-0.05, 0) is 5.56 Å². The first kappa shape index (κ1) is 17.6. The standard InChI is InChI=1S/C17H21N3O5/c18-13-6-15(25-14(13)8-21)20-7-12(16(22)19-17(20)23)10-24-9-11-4-2-1-3-5-11/h1-5,7,13-15,21H,6,8-10,18H2,(H,19,22,23)/t13?,14-,15-/m1/s1. The van der Waals surface area contributed by atoms with Crippen LogP contribution in [0.15, 0.2) is 46.1 Å². The van der Waals surface area contributed by atoms with Gasteiger partial charge in [-0.2, -0.15) is 0 Å². The second kappa shape index (κ2) is 7.75. The fraction of sp³-hybridized carbons (Fsp3) is 0.412. The van der Waals surface area contributed by atoms with Crippen LogP contribution in [0.25, 0.3) is 0 Å². The van der Waals surface area contributed by atoms with E-state index < -0.39 is 23.6 Å². The quantitative estimate of drug-likeness (QED) is 0.669. The minimum atomic E-state index is -0.621. The Kier molecular flexibility index (Phi) is 5.44. The van der Waals surface area contributed by atoms with E-state index in [1.807, 2.05) is 30.3 Å². The van der Waals surface area contributed by atoms with Crippen molar-refractivity contribution in [1.82, 2.24) is 9.55 Å². The molecule has 1 fully saturated rings. The SMILES string of the molecule is NC1C[C@H](n2cc(COCc3ccccc3)c(=O)[nH]c2=O)O[C@@H]1CO. The van der Waals surface area contributed by atoms with Crippen molar-refractivity contribution in [2.75, 3.05) is 6.61 Å². The first-order valence-corrected chi connectivity index (χ1v) is 8.06. The van der Waals surface area contributed by atoms with Crippen LogP contribution in [-0.2, 0) is 22.7 Å². The van der Waals surface area contributed by atoms with Gasteiger partial charge in [0.2, 0.25) is 0 Å². The summed E-state index contributed by atoms with van der Waals surface area (Å²) in [4.78, 5) is 26.3. The molecule has 0 radical (unpaired) electrons. The lowest BCUT2D eigenvalue weighted by atomic mass is 10.1. The summed E-state index contributed by atoms with van der Waals surface area (Å²) >= 11 is 0. The van der Waals surface area contributed by atoms with E-state index >= 15 is 0 Å². The van der Waals surface area contributed by atoms with Crippen LogP contribution in [0.4, 0.5) is 0 Å². The molecule has 1 aromatic carbocycles. The minimum Gasteiger partial charge on any atom is -0.394 e. The average molecular weight is 347 g/mol. The Labute approximate surface area is 143 Å². The van der Waals surface area contributed by atoms with Crippen molar-refractivity contribution in [2.24, 2.45) is 5.73 Å². The summed E-state index contributed by atoms with van der Waals surface area (Å²) in [7, 11) is 0. The first-order valence-electron chi connectivity index (χ1n) is 8.06. The van der Waals surface area contributed by atoms with E-state index in [0.717, 1.165) is 5.56 Å². The number of rotatable bonds is 6. The van der Waals surface area contributed by atoms with Gasteiger partial charge >= 0.3 is 5.69 Å². The summed E-state index contributed by atoms with van der Waals surface area (Å²) in [5.41, 5.74) is 6.12. The van der Waals surface area contributed by atoms with E-state index in [4.69, 9.17) is 15.2 Å². The second-order valence-electron chi connectivity index (χ2n) is 6.01. The van der Waals surface area contributed by atoms with Gasteiger partial charge in [0.15, 0.2) is 0 Å². The number of hydrogen-bond donors (Lipinski definition) is 3. The molecular weight excluding hydrogens is 326 g/mol. The normalized spacial score (nSPS) is 23.0. The van der Waals surface area contributed by atoms with Gasteiger partial charge in [0.05, 0.1) is 31.5 Å². The highest BCUT2D eigenvalue weighted by Gasteiger charge is 2.34. The number of nitrogens with two attached hydrogens (primary N) is 1. The maximum atomic E-state index is 12.1. The van der Waals surface area contributed by atoms with E-state index in [0.29, 0.717) is 18.6 Å². The Hall–Kier alpha value is -2.26. The van der Waals surface area contributed by atoms with Crippen LogP contribution in [-0.4, -0.2) is 33.4 Å². The number of ether oxygens (including phenoxy) is 2. The minimum absolute atomic E-state index is 0.0622. The highest BCUT2D eigenvalue weighted by molar-refractivity contribution is 5.13.